The number of aliphatic carboxylic acids is 2. The van der Waals surface area contributed by atoms with Gasteiger partial charge in [0.05, 0.1) is 54.4 Å². The Kier molecular flexibility index (Phi) is 71.0. The second-order valence-corrected chi connectivity index (χ2v) is 25.3. The van der Waals surface area contributed by atoms with Crippen molar-refractivity contribution in [1.29, 1.82) is 0 Å². The Morgan fingerprint density at radius 3 is 1.44 bits per heavy atom. The number of aromatic amines is 3. The number of aromatic carboxylic acids is 1. The molecule has 0 fully saturated rings. The van der Waals surface area contributed by atoms with Gasteiger partial charge in [0.1, 0.15) is 18.0 Å². The van der Waals surface area contributed by atoms with Gasteiger partial charge in [-0.2, -0.15) is 13.5 Å². The van der Waals surface area contributed by atoms with E-state index >= 15 is 0 Å². The Morgan fingerprint density at radius 2 is 1.09 bits per heavy atom. The van der Waals surface area contributed by atoms with Crippen LogP contribution < -0.4 is 29.5 Å². The van der Waals surface area contributed by atoms with Crippen LogP contribution in [-0.2, 0) is 160 Å². The third-order valence-electron chi connectivity index (χ3n) is 9.98. The fourth-order valence-electron chi connectivity index (χ4n) is 6.85. The normalized spacial score (nSPS) is 10.7. The molecule has 0 radical (unpaired) electrons. The van der Waals surface area contributed by atoms with Crippen LogP contribution >= 0.6 is 40.9 Å². The smallest absolute Gasteiger partial charge is 0.870 e. The number of halogens is 1. The first-order valence-corrected chi connectivity index (χ1v) is 35.3. The van der Waals surface area contributed by atoms with Crippen LogP contribution in [0.25, 0.3) is 0 Å². The number of fused-ring (bicyclic) bond motifs is 2. The van der Waals surface area contributed by atoms with Crippen LogP contribution in [0.4, 0.5) is 0 Å². The second-order valence-electron chi connectivity index (χ2n) is 15.9. The van der Waals surface area contributed by atoms with E-state index in [1.54, 1.807) is 47.7 Å². The van der Waals surface area contributed by atoms with E-state index in [1.807, 2.05) is 0 Å². The van der Waals surface area contributed by atoms with Crippen LogP contribution in [0.1, 0.15) is 178 Å². The van der Waals surface area contributed by atoms with Gasteiger partial charge in [-0.05, 0) is 110 Å². The molecule has 2 aliphatic carbocycles. The molecular weight excluding hydrogens is 1400 g/mol. The van der Waals surface area contributed by atoms with Gasteiger partial charge < -0.3 is 66.1 Å². The van der Waals surface area contributed by atoms with Gasteiger partial charge in [0.2, 0.25) is 0 Å². The number of hydrogen-bond acceptors (Lipinski definition) is 24. The first kappa shape index (κ1) is 103. The Morgan fingerprint density at radius 1 is 0.713 bits per heavy atom. The number of aryl methyl sites for hydroxylation is 4. The molecule has 13 N–H and O–H groups in total. The average Bonchev–Trinajstić information content (AvgIpc) is 2.53. The molecule has 492 valence electrons. The molecule has 0 spiro atoms. The number of rotatable bonds is 18. The zero-order valence-electron chi connectivity index (χ0n) is 48.4. The molecule has 3 aromatic heterocycles. The summed E-state index contributed by atoms with van der Waals surface area (Å²) in [6.45, 7) is 12.9. The molecule has 0 amide bonds. The van der Waals surface area contributed by atoms with E-state index in [4.69, 9.17) is 40.3 Å². The summed E-state index contributed by atoms with van der Waals surface area (Å²) in [7, 11) is -5.10. The molecule has 5 rings (SSSR count). The van der Waals surface area contributed by atoms with Gasteiger partial charge in [-0.25, -0.2) is 18.9 Å². The molecular formula is C46H72ClLiN4O23P2S10. The van der Waals surface area contributed by atoms with E-state index in [0.29, 0.717) is 92.1 Å². The van der Waals surface area contributed by atoms with E-state index in [-0.39, 0.29) is 129 Å². The summed E-state index contributed by atoms with van der Waals surface area (Å²) >= 11 is 24.2. The van der Waals surface area contributed by atoms with Gasteiger partial charge in [-0.3, -0.25) is 43.3 Å². The summed E-state index contributed by atoms with van der Waals surface area (Å²) in [5.74, 6) is -3.88. The number of nitrogens with two attached hydrogens (primary N) is 1. The molecule has 0 aromatic carbocycles. The molecule has 0 aliphatic heterocycles. The molecule has 2 aliphatic rings. The number of carbonyl (C=O) groups is 10. The quantitative estimate of drug-likeness (QED) is 0.0286. The molecule has 0 saturated heterocycles. The minimum absolute atomic E-state index is 0. The third-order valence-corrected chi connectivity index (χ3v) is 13.9. The van der Waals surface area contributed by atoms with E-state index in [1.165, 1.54) is 24.7 Å². The third kappa shape index (κ3) is 46.4. The van der Waals surface area contributed by atoms with Crippen LogP contribution in [0.5, 0.6) is 0 Å². The molecule has 1 atom stereocenters. The number of ether oxygens (including phenoxy) is 3. The molecule has 3 aromatic rings. The molecule has 1 unspecified atom stereocenters. The van der Waals surface area contributed by atoms with Crippen LogP contribution in [0.15, 0.2) is 6.20 Å². The predicted molar refractivity (Wildman–Crippen MR) is 347 cm³/mol. The molecule has 41 heteroatoms. The Balaban J connectivity index is -0.000000117. The number of ketones is 4. The number of hydrogen-bond donors (Lipinski definition) is 9. The minimum Gasteiger partial charge on any atom is -0.870 e. The molecule has 87 heavy (non-hydrogen) atoms. The standard InChI is InChI=1S/C12H17NO4.C12H15NO3.C10H11NO3.C6H11NO3.C6H10O3.ClH.Li.H2O5P2.2H2O.S4.S3.S2.H2S/c1-3-17-12(16)11-8(2)13-7-9(11)5-4-6-10(14)15;1-3-16-12(15)10-7(2)13-11-8(10)5-4-6-9(11)14;1-5-8(10(13)14)6-3-2-4-7(12)9(6)11-5;7-4-5(8)2-1-3-6(9)10;1-3-9-6(8)4-5(2)7;;;1-6(2)7(3,4)5;;;1-3-4-2;1-3-2;1-2;/h7,13H,3-6H2,1-2H3,(H,14,15);13H,3-6H2,1-2H3;11H,2-4H2,1H3,(H,13,14);1-4,7H2,(H,9,10);3-4H2,1-2H3;1H;;(H2,3,4,5);2*1H2;;;;1H2/q;;;;;;+1;;;;;;;/p-1. The van der Waals surface area contributed by atoms with Crippen LogP contribution in [0, 0.1) is 20.8 Å². The van der Waals surface area contributed by atoms with Crippen molar-refractivity contribution in [2.75, 3.05) is 26.4 Å². The van der Waals surface area contributed by atoms with Crippen molar-refractivity contribution in [1.82, 2.24) is 15.0 Å². The zero-order chi connectivity index (χ0) is 64.3. The number of Topliss-reactive ketones (excluding diaryl/α,β-unsaturated/α-hetero) is 4. The number of carbonyl (C=O) groups excluding carboxylic acids is 7. The maximum Gasteiger partial charge on any atom is 1.00 e. The van der Waals surface area contributed by atoms with Crippen LogP contribution in [-0.4, -0.2) is 136 Å². The summed E-state index contributed by atoms with van der Waals surface area (Å²) in [6.07, 6.45) is 7.65. The van der Waals surface area contributed by atoms with Gasteiger partial charge in [0.15, 0.2) is 11.6 Å². The van der Waals surface area contributed by atoms with Crippen molar-refractivity contribution in [3.8, 4) is 0 Å². The fraction of sp³-hybridized carbons (Fsp3) is 0.522. The predicted octanol–water partition coefficient (Wildman–Crippen LogP) is 1.46. The first-order valence-electron chi connectivity index (χ1n) is 23.8. The van der Waals surface area contributed by atoms with Gasteiger partial charge in [-0.1, -0.05) is 4.57 Å². The summed E-state index contributed by atoms with van der Waals surface area (Å²) in [5, 5.41) is 25.7. The minimum atomic E-state index is -4.78. The van der Waals surface area contributed by atoms with Crippen LogP contribution in [0.2, 0.25) is 0 Å². The number of carboxylic acids is 3. The van der Waals surface area contributed by atoms with Crippen molar-refractivity contribution in [2.45, 2.75) is 132 Å². The Hall–Kier alpha value is -3.35. The SMILES string of the molecule is CCOC(=O)CC(C)=O.CCOC(=O)c1c(C)[nH]c2c1CCCC2=O.CCOC(=O)c1c(CCCC(=O)O)c[nH]c1C.Cc1[nH]c2c(c1C(=O)O)CCCC2=O.Cl.NCC(=O)CCCC(=O)O.O.O=[P+]([O-])P(=O)(O)O.S.S=S.S=S=S.S=S=S=S.[Li+].[OH-]. The maximum atomic E-state index is 11.8. The van der Waals surface area contributed by atoms with E-state index < -0.39 is 38.9 Å². The zero-order valence-corrected chi connectivity index (χ0v) is 59.3. The summed E-state index contributed by atoms with van der Waals surface area (Å²) in [5.41, 5.74) is 11.9. The summed E-state index contributed by atoms with van der Waals surface area (Å²) < 4.78 is 33.2. The number of carboxylic acid groups (broad SMARTS) is 3. The first-order chi connectivity index (χ1) is 38.4. The van der Waals surface area contributed by atoms with Crippen molar-refractivity contribution >= 4 is 194 Å². The maximum absolute atomic E-state index is 11.8. The number of nitrogens with one attached hydrogen (secondary N) is 3. The number of esters is 3. The molecule has 3 heterocycles. The Labute approximate surface area is 566 Å². The van der Waals surface area contributed by atoms with E-state index in [0.717, 1.165) is 50.7 Å². The van der Waals surface area contributed by atoms with Gasteiger partial charge in [0, 0.05) is 149 Å². The monoisotopic (exact) mass is 1470 g/mol. The second kappa shape index (κ2) is 60.2. The van der Waals surface area contributed by atoms with Crippen molar-refractivity contribution < 1.29 is 131 Å². The molecule has 27 nitrogen and oxygen atoms in total. The number of H-pyrrole nitrogens is 3. The van der Waals surface area contributed by atoms with Crippen molar-refractivity contribution in [3.05, 3.63) is 68.0 Å². The van der Waals surface area contributed by atoms with E-state index in [2.05, 4.69) is 86.8 Å². The molecule has 0 bridgehead atoms. The van der Waals surface area contributed by atoms with Crippen molar-refractivity contribution in [2.24, 2.45) is 5.73 Å². The average molecular weight is 1470 g/mol. The largest absolute Gasteiger partial charge is 1.00 e. The Bertz CT molecular complexity index is 2830. The van der Waals surface area contributed by atoms with Crippen molar-refractivity contribution in [3.63, 3.8) is 0 Å². The fourth-order valence-corrected chi connectivity index (χ4v) is 6.85. The van der Waals surface area contributed by atoms with Crippen LogP contribution in [0.3, 0.4) is 0 Å². The van der Waals surface area contributed by atoms with Gasteiger partial charge in [0.25, 0.3) is 0 Å². The van der Waals surface area contributed by atoms with Gasteiger partial charge >= 0.3 is 69.7 Å². The van der Waals surface area contributed by atoms with Gasteiger partial charge in [-0.15, -0.1) is 12.4 Å². The summed E-state index contributed by atoms with van der Waals surface area (Å²) in [6, 6.07) is 0. The number of aromatic nitrogens is 3. The molecule has 0 saturated carbocycles. The topological polar surface area (TPSA) is 492 Å². The summed E-state index contributed by atoms with van der Waals surface area (Å²) in [4.78, 5) is 142. The van der Waals surface area contributed by atoms with E-state index in [9.17, 15) is 62.0 Å².